The Morgan fingerprint density at radius 3 is 2.37 bits per heavy atom. The Balaban J connectivity index is 1.76. The lowest BCUT2D eigenvalue weighted by atomic mass is 10.1. The zero-order valence-electron chi connectivity index (χ0n) is 21.8. The van der Waals surface area contributed by atoms with Crippen LogP contribution in [0.3, 0.4) is 0 Å². The molecule has 1 N–H and O–H groups in total. The van der Waals surface area contributed by atoms with Crippen LogP contribution in [0.2, 0.25) is 15.1 Å². The van der Waals surface area contributed by atoms with Gasteiger partial charge < -0.3 is 10.2 Å². The van der Waals surface area contributed by atoms with Gasteiger partial charge in [-0.05, 0) is 68.5 Å². The summed E-state index contributed by atoms with van der Waals surface area (Å²) in [6, 6.07) is 9.56. The van der Waals surface area contributed by atoms with Crippen LogP contribution in [0.25, 0.3) is 0 Å². The van der Waals surface area contributed by atoms with Crippen LogP contribution < -0.4 is 9.62 Å². The van der Waals surface area contributed by atoms with Crippen molar-refractivity contribution in [3.63, 3.8) is 0 Å². The maximum absolute atomic E-state index is 13.5. The minimum atomic E-state index is -3.62. The molecular weight excluding hydrogens is 569 g/mol. The van der Waals surface area contributed by atoms with E-state index in [1.165, 1.54) is 9.21 Å². The lowest BCUT2D eigenvalue weighted by Gasteiger charge is -2.30. The van der Waals surface area contributed by atoms with Crippen LogP contribution in [0.15, 0.2) is 36.4 Å². The number of amides is 2. The number of nitrogens with one attached hydrogen (secondary N) is 1. The van der Waals surface area contributed by atoms with E-state index in [-0.39, 0.29) is 43.8 Å². The fraction of sp³-hybridized carbons (Fsp3) is 0.481. The summed E-state index contributed by atoms with van der Waals surface area (Å²) >= 11 is 18.4. The molecule has 7 nitrogen and oxygen atoms in total. The minimum absolute atomic E-state index is 0.0496. The first-order chi connectivity index (χ1) is 17.9. The summed E-state index contributed by atoms with van der Waals surface area (Å²) in [7, 11) is -3.62. The lowest BCUT2D eigenvalue weighted by molar-refractivity contribution is -0.141. The third-order valence-corrected chi connectivity index (χ3v) is 8.95. The maximum atomic E-state index is 13.5. The van der Waals surface area contributed by atoms with E-state index >= 15 is 0 Å². The van der Waals surface area contributed by atoms with Crippen LogP contribution in [0, 0.1) is 6.92 Å². The molecule has 0 aliphatic heterocycles. The van der Waals surface area contributed by atoms with Crippen LogP contribution in [0.1, 0.15) is 56.6 Å². The van der Waals surface area contributed by atoms with Gasteiger partial charge in [-0.25, -0.2) is 8.42 Å². The van der Waals surface area contributed by atoms with Crippen molar-refractivity contribution in [2.75, 3.05) is 17.1 Å². The first-order valence-electron chi connectivity index (χ1n) is 12.6. The highest BCUT2D eigenvalue weighted by molar-refractivity contribution is 7.92. The number of aryl methyl sites for hydroxylation is 1. The van der Waals surface area contributed by atoms with Gasteiger partial charge in [-0.2, -0.15) is 0 Å². The lowest BCUT2D eigenvalue weighted by Crippen LogP contribution is -2.49. The molecule has 2 aromatic carbocycles. The number of hydrogen-bond acceptors (Lipinski definition) is 4. The van der Waals surface area contributed by atoms with Gasteiger partial charge in [0.05, 0.1) is 22.0 Å². The van der Waals surface area contributed by atoms with Crippen molar-refractivity contribution in [1.29, 1.82) is 0 Å². The Hall–Kier alpha value is -2.00. The number of anilines is 1. The van der Waals surface area contributed by atoms with E-state index in [4.69, 9.17) is 34.8 Å². The number of carbonyl (C=O) groups is 2. The van der Waals surface area contributed by atoms with Gasteiger partial charge in [0.1, 0.15) is 6.04 Å². The van der Waals surface area contributed by atoms with Crippen LogP contribution >= 0.6 is 34.8 Å². The molecule has 1 aliphatic rings. The summed E-state index contributed by atoms with van der Waals surface area (Å²) in [5.74, 6) is -0.473. The van der Waals surface area contributed by atoms with Crippen molar-refractivity contribution < 1.29 is 18.0 Å². The molecular formula is C27H34Cl3N3O4S. The number of nitrogens with zero attached hydrogens (tertiary/aromatic N) is 2. The van der Waals surface area contributed by atoms with Crippen LogP contribution in [0.4, 0.5) is 5.69 Å². The van der Waals surface area contributed by atoms with Crippen molar-refractivity contribution in [2.24, 2.45) is 0 Å². The normalized spacial score (nSPS) is 14.8. The molecule has 11 heteroatoms. The number of rotatable bonds is 11. The highest BCUT2D eigenvalue weighted by Gasteiger charge is 2.29. The number of benzene rings is 2. The molecule has 208 valence electrons. The third-order valence-electron chi connectivity index (χ3n) is 6.80. The average Bonchev–Trinajstić information content (AvgIpc) is 3.36. The zero-order valence-corrected chi connectivity index (χ0v) is 24.9. The van der Waals surface area contributed by atoms with Crippen molar-refractivity contribution >= 4 is 62.3 Å². The molecule has 38 heavy (non-hydrogen) atoms. The van der Waals surface area contributed by atoms with E-state index < -0.39 is 16.1 Å². The van der Waals surface area contributed by atoms with Crippen molar-refractivity contribution in [1.82, 2.24) is 10.2 Å². The predicted molar refractivity (Wildman–Crippen MR) is 154 cm³/mol. The van der Waals surface area contributed by atoms with Gasteiger partial charge in [-0.15, -0.1) is 0 Å². The second-order valence-corrected chi connectivity index (χ2v) is 13.0. The maximum Gasteiger partial charge on any atom is 0.242 e. The number of carbonyl (C=O) groups excluding carboxylic acids is 2. The number of halogens is 3. The Labute approximate surface area is 240 Å². The van der Waals surface area contributed by atoms with Gasteiger partial charge >= 0.3 is 0 Å². The molecule has 1 unspecified atom stereocenters. The van der Waals surface area contributed by atoms with E-state index in [0.717, 1.165) is 43.1 Å². The van der Waals surface area contributed by atoms with E-state index in [1.807, 2.05) is 0 Å². The number of hydrogen-bond donors (Lipinski definition) is 1. The Morgan fingerprint density at radius 2 is 1.74 bits per heavy atom. The first kappa shape index (κ1) is 30.5. The zero-order chi connectivity index (χ0) is 28.0. The summed E-state index contributed by atoms with van der Waals surface area (Å²) in [6.07, 6.45) is 5.46. The Kier molecular flexibility index (Phi) is 10.7. The molecule has 0 bridgehead atoms. The second-order valence-electron chi connectivity index (χ2n) is 9.81. The Morgan fingerprint density at radius 1 is 1.05 bits per heavy atom. The van der Waals surface area contributed by atoms with Gasteiger partial charge in [0.2, 0.25) is 21.8 Å². The summed E-state index contributed by atoms with van der Waals surface area (Å²) < 4.78 is 26.4. The molecule has 0 radical (unpaired) electrons. The third kappa shape index (κ3) is 8.25. The van der Waals surface area contributed by atoms with Gasteiger partial charge in [0.25, 0.3) is 0 Å². The highest BCUT2D eigenvalue weighted by Crippen LogP contribution is 2.27. The van der Waals surface area contributed by atoms with Crippen LogP contribution in [0.5, 0.6) is 0 Å². The largest absolute Gasteiger partial charge is 0.352 e. The molecule has 0 saturated heterocycles. The van der Waals surface area contributed by atoms with E-state index in [2.05, 4.69) is 5.32 Å². The smallest absolute Gasteiger partial charge is 0.242 e. The first-order valence-corrected chi connectivity index (χ1v) is 15.6. The summed E-state index contributed by atoms with van der Waals surface area (Å²) in [5, 5.41) is 4.25. The fourth-order valence-corrected chi connectivity index (χ4v) is 6.14. The summed E-state index contributed by atoms with van der Waals surface area (Å²) in [4.78, 5) is 28.1. The predicted octanol–water partition coefficient (Wildman–Crippen LogP) is 5.98. The van der Waals surface area contributed by atoms with Crippen molar-refractivity contribution in [3.8, 4) is 0 Å². The van der Waals surface area contributed by atoms with E-state index in [9.17, 15) is 18.0 Å². The van der Waals surface area contributed by atoms with Crippen LogP contribution in [-0.4, -0.2) is 50.0 Å². The summed E-state index contributed by atoms with van der Waals surface area (Å²) in [6.45, 7) is 3.77. The average molecular weight is 603 g/mol. The monoisotopic (exact) mass is 601 g/mol. The molecule has 3 rings (SSSR count). The van der Waals surface area contributed by atoms with Crippen molar-refractivity contribution in [3.05, 3.63) is 62.6 Å². The fourth-order valence-electron chi connectivity index (χ4n) is 4.64. The Bertz CT molecular complexity index is 1270. The highest BCUT2D eigenvalue weighted by atomic mass is 35.5. The van der Waals surface area contributed by atoms with Crippen molar-refractivity contribution in [2.45, 2.75) is 71.0 Å². The molecule has 2 aromatic rings. The van der Waals surface area contributed by atoms with E-state index in [0.29, 0.717) is 20.8 Å². The standard InChI is InChI=1S/C27H34Cl3N3O4S/c1-18-10-12-21(28)16-25(18)33(38(3,36)37)14-6-9-26(34)32(17-20-11-13-23(29)24(30)15-20)19(2)27(35)31-22-7-4-5-8-22/h10-13,15-16,19,22H,4-9,14,17H2,1-3H3,(H,31,35). The summed E-state index contributed by atoms with van der Waals surface area (Å²) in [5.41, 5.74) is 1.97. The molecule has 1 saturated carbocycles. The van der Waals surface area contributed by atoms with E-state index in [1.54, 1.807) is 50.2 Å². The molecule has 0 heterocycles. The molecule has 0 aromatic heterocycles. The topological polar surface area (TPSA) is 86.8 Å². The SMILES string of the molecule is Cc1ccc(Cl)cc1N(CCCC(=O)N(Cc1ccc(Cl)c(Cl)c1)C(C)C(=O)NC1CCCC1)S(C)(=O)=O. The van der Waals surface area contributed by atoms with Gasteiger partial charge in [0, 0.05) is 30.6 Å². The van der Waals surface area contributed by atoms with Gasteiger partial charge in [-0.3, -0.25) is 13.9 Å². The molecule has 1 aliphatic carbocycles. The number of sulfonamides is 1. The molecule has 1 atom stereocenters. The quantitative estimate of drug-likeness (QED) is 0.343. The van der Waals surface area contributed by atoms with Crippen LogP contribution in [-0.2, 0) is 26.2 Å². The van der Waals surface area contributed by atoms with Gasteiger partial charge in [-0.1, -0.05) is 59.8 Å². The molecule has 2 amide bonds. The second kappa shape index (κ2) is 13.4. The minimum Gasteiger partial charge on any atom is -0.352 e. The van der Waals surface area contributed by atoms with Gasteiger partial charge in [0.15, 0.2) is 0 Å². The molecule has 0 spiro atoms. The molecule has 1 fully saturated rings.